The van der Waals surface area contributed by atoms with Crippen LogP contribution in [0, 0.1) is 11.7 Å². The van der Waals surface area contributed by atoms with Crippen molar-refractivity contribution in [2.45, 2.75) is 71.8 Å². The molecule has 0 aromatic heterocycles. The molecule has 1 aromatic carbocycles. The van der Waals surface area contributed by atoms with Crippen molar-refractivity contribution in [2.24, 2.45) is 5.92 Å². The molecule has 21 heavy (non-hydrogen) atoms. The summed E-state index contributed by atoms with van der Waals surface area (Å²) in [6.45, 7) is 7.67. The Kier molecular flexibility index (Phi) is 6.19. The molecule has 0 aliphatic heterocycles. The first-order chi connectivity index (χ1) is 10.0. The van der Waals surface area contributed by atoms with E-state index >= 15 is 0 Å². The fraction of sp³-hybridized carbons (Fsp3) is 0.667. The molecule has 1 aliphatic carbocycles. The number of hydrogen-bond donors (Lipinski definition) is 1. The van der Waals surface area contributed by atoms with Crippen molar-refractivity contribution < 1.29 is 9.13 Å². The van der Waals surface area contributed by atoms with Gasteiger partial charge in [0.15, 0.2) is 0 Å². The molecule has 1 saturated carbocycles. The minimum atomic E-state index is -0.160. The highest BCUT2D eigenvalue weighted by Crippen LogP contribution is 2.26. The fourth-order valence-corrected chi connectivity index (χ4v) is 2.77. The lowest BCUT2D eigenvalue weighted by Gasteiger charge is -2.26. The van der Waals surface area contributed by atoms with E-state index in [0.717, 1.165) is 30.9 Å². The molecule has 2 rings (SSSR count). The second kappa shape index (κ2) is 7.90. The number of benzene rings is 1. The van der Waals surface area contributed by atoms with Crippen LogP contribution in [0.3, 0.4) is 0 Å². The lowest BCUT2D eigenvalue weighted by Crippen LogP contribution is -2.22. The summed E-state index contributed by atoms with van der Waals surface area (Å²) in [5.41, 5.74) is 1.79. The van der Waals surface area contributed by atoms with E-state index in [2.05, 4.69) is 26.1 Å². The first-order valence-electron chi connectivity index (χ1n) is 8.17. The van der Waals surface area contributed by atoms with Gasteiger partial charge in [-0.15, -0.1) is 0 Å². The summed E-state index contributed by atoms with van der Waals surface area (Å²) >= 11 is 0. The Morgan fingerprint density at radius 1 is 1.24 bits per heavy atom. The van der Waals surface area contributed by atoms with Crippen molar-refractivity contribution in [3.05, 3.63) is 35.1 Å². The van der Waals surface area contributed by atoms with Gasteiger partial charge in [-0.1, -0.05) is 26.8 Å². The molecule has 2 nitrogen and oxygen atoms in total. The van der Waals surface area contributed by atoms with Crippen LogP contribution in [-0.2, 0) is 17.9 Å². The molecule has 0 spiro atoms. The third-order valence-electron chi connectivity index (χ3n) is 4.26. The molecule has 3 heteroatoms. The number of nitrogens with one attached hydrogen (secondary N) is 1. The van der Waals surface area contributed by atoms with Gasteiger partial charge in [0.1, 0.15) is 5.82 Å². The molecule has 0 heterocycles. The summed E-state index contributed by atoms with van der Waals surface area (Å²) in [6.07, 6.45) is 4.98. The molecule has 0 amide bonds. The van der Waals surface area contributed by atoms with Crippen molar-refractivity contribution in [3.63, 3.8) is 0 Å². The first-order valence-corrected chi connectivity index (χ1v) is 8.17. The molecular formula is C18H28FNO. The fourth-order valence-electron chi connectivity index (χ4n) is 2.77. The molecule has 0 bridgehead atoms. The molecule has 0 radical (unpaired) electrons. The Balaban J connectivity index is 1.88. The zero-order chi connectivity index (χ0) is 15.2. The minimum absolute atomic E-state index is 0.160. The topological polar surface area (TPSA) is 21.3 Å². The third kappa shape index (κ3) is 5.40. The van der Waals surface area contributed by atoms with E-state index in [1.807, 2.05) is 12.1 Å². The van der Waals surface area contributed by atoms with E-state index < -0.39 is 0 Å². The lowest BCUT2D eigenvalue weighted by atomic mass is 9.89. The van der Waals surface area contributed by atoms with Crippen molar-refractivity contribution in [1.29, 1.82) is 0 Å². The van der Waals surface area contributed by atoms with Crippen molar-refractivity contribution in [3.8, 4) is 0 Å². The van der Waals surface area contributed by atoms with Crippen LogP contribution in [0.15, 0.2) is 18.2 Å². The van der Waals surface area contributed by atoms with Gasteiger partial charge in [-0.05, 0) is 49.3 Å². The molecule has 118 valence electrons. The smallest absolute Gasteiger partial charge is 0.128 e. The highest BCUT2D eigenvalue weighted by molar-refractivity contribution is 5.24. The maximum atomic E-state index is 13.9. The minimum Gasteiger partial charge on any atom is -0.373 e. The second-order valence-electron chi connectivity index (χ2n) is 6.65. The predicted molar refractivity (Wildman–Crippen MR) is 84.6 cm³/mol. The van der Waals surface area contributed by atoms with E-state index in [4.69, 9.17) is 4.74 Å². The molecule has 1 aliphatic rings. The molecule has 1 fully saturated rings. The molecular weight excluding hydrogens is 265 g/mol. The van der Waals surface area contributed by atoms with Crippen LogP contribution in [0.2, 0.25) is 0 Å². The van der Waals surface area contributed by atoms with E-state index in [1.165, 1.54) is 12.8 Å². The van der Waals surface area contributed by atoms with Gasteiger partial charge in [0.25, 0.3) is 0 Å². The summed E-state index contributed by atoms with van der Waals surface area (Å²) in [6, 6.07) is 5.75. The van der Waals surface area contributed by atoms with E-state index in [9.17, 15) is 4.39 Å². The van der Waals surface area contributed by atoms with Crippen LogP contribution in [0.5, 0.6) is 0 Å². The van der Waals surface area contributed by atoms with Gasteiger partial charge >= 0.3 is 0 Å². The SMILES string of the molecule is CC1CCC(OCc2cc(CNC(C)C)ccc2F)CC1. The van der Waals surface area contributed by atoms with E-state index in [-0.39, 0.29) is 5.82 Å². The maximum absolute atomic E-state index is 13.9. The highest BCUT2D eigenvalue weighted by Gasteiger charge is 2.19. The summed E-state index contributed by atoms with van der Waals surface area (Å²) in [7, 11) is 0. The van der Waals surface area contributed by atoms with Gasteiger partial charge in [-0.25, -0.2) is 4.39 Å². The Bertz CT molecular complexity index is 439. The Morgan fingerprint density at radius 2 is 1.95 bits per heavy atom. The summed E-state index contributed by atoms with van der Waals surface area (Å²) in [5, 5.41) is 3.36. The summed E-state index contributed by atoms with van der Waals surface area (Å²) < 4.78 is 19.8. The monoisotopic (exact) mass is 293 g/mol. The molecule has 0 saturated heterocycles. The van der Waals surface area contributed by atoms with Crippen LogP contribution >= 0.6 is 0 Å². The lowest BCUT2D eigenvalue weighted by molar-refractivity contribution is 0.00756. The summed E-state index contributed by atoms with van der Waals surface area (Å²) in [5.74, 6) is 0.652. The van der Waals surface area contributed by atoms with Crippen LogP contribution in [0.25, 0.3) is 0 Å². The van der Waals surface area contributed by atoms with Gasteiger partial charge in [0, 0.05) is 18.2 Å². The third-order valence-corrected chi connectivity index (χ3v) is 4.26. The van der Waals surface area contributed by atoms with Crippen LogP contribution in [0.1, 0.15) is 57.6 Å². The van der Waals surface area contributed by atoms with Crippen molar-refractivity contribution in [2.75, 3.05) is 0 Å². The van der Waals surface area contributed by atoms with Gasteiger partial charge in [0.2, 0.25) is 0 Å². The van der Waals surface area contributed by atoms with Crippen LogP contribution in [0.4, 0.5) is 4.39 Å². The average Bonchev–Trinajstić information content (AvgIpc) is 2.46. The largest absolute Gasteiger partial charge is 0.373 e. The summed E-state index contributed by atoms with van der Waals surface area (Å²) in [4.78, 5) is 0. The molecule has 1 N–H and O–H groups in total. The molecule has 0 unspecified atom stereocenters. The molecule has 0 atom stereocenters. The Hall–Kier alpha value is -0.930. The molecule has 1 aromatic rings. The quantitative estimate of drug-likeness (QED) is 0.838. The van der Waals surface area contributed by atoms with Crippen molar-refractivity contribution >= 4 is 0 Å². The van der Waals surface area contributed by atoms with Gasteiger partial charge < -0.3 is 10.1 Å². The van der Waals surface area contributed by atoms with E-state index in [0.29, 0.717) is 24.3 Å². The normalized spacial score (nSPS) is 22.7. The number of rotatable bonds is 6. The number of hydrogen-bond acceptors (Lipinski definition) is 2. The Labute approximate surface area is 128 Å². The first kappa shape index (κ1) is 16.4. The van der Waals surface area contributed by atoms with Crippen LogP contribution < -0.4 is 5.32 Å². The van der Waals surface area contributed by atoms with Gasteiger partial charge in [-0.2, -0.15) is 0 Å². The van der Waals surface area contributed by atoms with Crippen molar-refractivity contribution in [1.82, 2.24) is 5.32 Å². The number of halogens is 1. The highest BCUT2D eigenvalue weighted by atomic mass is 19.1. The maximum Gasteiger partial charge on any atom is 0.128 e. The second-order valence-corrected chi connectivity index (χ2v) is 6.65. The van der Waals surface area contributed by atoms with E-state index in [1.54, 1.807) is 6.07 Å². The van der Waals surface area contributed by atoms with Gasteiger partial charge in [-0.3, -0.25) is 0 Å². The Morgan fingerprint density at radius 3 is 2.62 bits per heavy atom. The standard InChI is InChI=1S/C18H28FNO/c1-13(2)20-11-15-6-9-18(19)16(10-15)12-21-17-7-4-14(3)5-8-17/h6,9-10,13-14,17,20H,4-5,7-8,11-12H2,1-3H3. The van der Waals surface area contributed by atoms with Crippen LogP contribution in [-0.4, -0.2) is 12.1 Å². The zero-order valence-electron chi connectivity index (χ0n) is 13.5. The predicted octanol–water partition coefficient (Wildman–Crippen LogP) is 4.42. The number of ether oxygens (including phenoxy) is 1. The van der Waals surface area contributed by atoms with Gasteiger partial charge in [0.05, 0.1) is 12.7 Å². The zero-order valence-corrected chi connectivity index (χ0v) is 13.5. The average molecular weight is 293 g/mol.